The quantitative estimate of drug-likeness (QED) is 0.500. The average Bonchev–Trinajstić information content (AvgIpc) is 3.60. The Morgan fingerprint density at radius 2 is 1.76 bits per heavy atom. The van der Waals surface area contributed by atoms with Crippen LogP contribution in [0.2, 0.25) is 5.02 Å². The molecule has 12 heteroatoms. The Balaban J connectivity index is 1.44. The summed E-state index contributed by atoms with van der Waals surface area (Å²) in [4.78, 5) is 40.6. The minimum atomic E-state index is -4.72. The third-order valence-corrected chi connectivity index (χ3v) is 6.73. The van der Waals surface area contributed by atoms with Gasteiger partial charge in [-0.3, -0.25) is 14.2 Å². The molecule has 0 spiro atoms. The summed E-state index contributed by atoms with van der Waals surface area (Å²) in [7, 11) is 0. The maximum Gasteiger partial charge on any atom is 0.416 e. The van der Waals surface area contributed by atoms with Gasteiger partial charge in [-0.25, -0.2) is 9.48 Å². The second kappa shape index (κ2) is 9.70. The maximum absolute atomic E-state index is 13.7. The lowest BCUT2D eigenvalue weighted by atomic mass is 9.97. The largest absolute Gasteiger partial charge is 0.416 e. The van der Waals surface area contributed by atoms with E-state index in [4.69, 9.17) is 11.6 Å². The Morgan fingerprint density at radius 1 is 1.08 bits per heavy atom. The summed E-state index contributed by atoms with van der Waals surface area (Å²) < 4.78 is 43.6. The molecule has 2 fully saturated rings. The standard InChI is InChI=1S/C25H23ClF3N5O3/c26-16-8-6-15(7-9-16)22-31-33(24(37)34(22)17-10-11-17)14-20(35)30-21(23(36)32-12-3-13-32)18-4-1-2-5-19(18)25(27,28)29/h1-2,4-9,17,21H,3,10-14H2,(H,30,35). The zero-order valence-corrected chi connectivity index (χ0v) is 20.3. The van der Waals surface area contributed by atoms with Gasteiger partial charge in [0.05, 0.1) is 5.56 Å². The third kappa shape index (κ3) is 5.13. The highest BCUT2D eigenvalue weighted by atomic mass is 35.5. The van der Waals surface area contributed by atoms with Crippen LogP contribution in [0, 0.1) is 0 Å². The number of carbonyl (C=O) groups is 2. The molecule has 1 aliphatic heterocycles. The van der Waals surface area contributed by atoms with Gasteiger partial charge in [-0.2, -0.15) is 13.2 Å². The lowest BCUT2D eigenvalue weighted by molar-refractivity contribution is -0.143. The SMILES string of the molecule is O=C(Cn1nc(-c2ccc(Cl)cc2)n(C2CC2)c1=O)NC(C(=O)N1CCC1)c1ccccc1C(F)(F)F. The molecule has 2 heterocycles. The van der Waals surface area contributed by atoms with Gasteiger partial charge in [-0.15, -0.1) is 5.10 Å². The van der Waals surface area contributed by atoms with Gasteiger partial charge in [-0.1, -0.05) is 29.8 Å². The highest BCUT2D eigenvalue weighted by Crippen LogP contribution is 2.37. The van der Waals surface area contributed by atoms with Gasteiger partial charge in [0.25, 0.3) is 0 Å². The van der Waals surface area contributed by atoms with Gasteiger partial charge in [0, 0.05) is 29.7 Å². The lowest BCUT2D eigenvalue weighted by Gasteiger charge is -2.35. The molecular formula is C25H23ClF3N5O3. The first-order chi connectivity index (χ1) is 17.6. The second-order valence-corrected chi connectivity index (χ2v) is 9.57. The van der Waals surface area contributed by atoms with Crippen LogP contribution in [0.25, 0.3) is 11.4 Å². The summed E-state index contributed by atoms with van der Waals surface area (Å²) in [6.45, 7) is 0.237. The van der Waals surface area contributed by atoms with E-state index >= 15 is 0 Å². The Hall–Kier alpha value is -3.60. The van der Waals surface area contributed by atoms with Crippen molar-refractivity contribution in [2.24, 2.45) is 0 Å². The summed E-state index contributed by atoms with van der Waals surface area (Å²) in [6, 6.07) is 9.80. The molecule has 1 unspecified atom stereocenters. The monoisotopic (exact) mass is 533 g/mol. The van der Waals surface area contributed by atoms with Crippen LogP contribution in [-0.4, -0.2) is 44.2 Å². The smallest absolute Gasteiger partial charge is 0.340 e. The predicted molar refractivity (Wildman–Crippen MR) is 129 cm³/mol. The van der Waals surface area contributed by atoms with Crippen LogP contribution in [0.4, 0.5) is 13.2 Å². The molecule has 2 amide bonds. The van der Waals surface area contributed by atoms with Gasteiger partial charge in [0.2, 0.25) is 11.8 Å². The van der Waals surface area contributed by atoms with Gasteiger partial charge >= 0.3 is 11.9 Å². The lowest BCUT2D eigenvalue weighted by Crippen LogP contribution is -2.49. The molecule has 1 aliphatic carbocycles. The molecule has 8 nitrogen and oxygen atoms in total. The van der Waals surface area contributed by atoms with Gasteiger partial charge in [0.15, 0.2) is 5.82 Å². The number of amides is 2. The first-order valence-corrected chi connectivity index (χ1v) is 12.2. The number of benzene rings is 2. The first kappa shape index (κ1) is 25.1. The number of rotatable bonds is 7. The third-order valence-electron chi connectivity index (χ3n) is 6.48. The van der Waals surface area contributed by atoms with Crippen molar-refractivity contribution in [3.63, 3.8) is 0 Å². The molecule has 5 rings (SSSR count). The molecule has 0 bridgehead atoms. The van der Waals surface area contributed by atoms with Crippen molar-refractivity contribution in [3.8, 4) is 11.4 Å². The minimum absolute atomic E-state index is 0.0469. The van der Waals surface area contributed by atoms with Crippen LogP contribution in [0.15, 0.2) is 53.3 Å². The van der Waals surface area contributed by atoms with Crippen LogP contribution >= 0.6 is 11.6 Å². The molecule has 194 valence electrons. The normalized spacial score (nSPS) is 16.3. The van der Waals surface area contributed by atoms with Crippen LogP contribution < -0.4 is 11.0 Å². The summed E-state index contributed by atoms with van der Waals surface area (Å²) in [5.74, 6) is -1.07. The predicted octanol–water partition coefficient (Wildman–Crippen LogP) is 3.81. The zero-order valence-electron chi connectivity index (χ0n) is 19.5. The number of halogens is 4. The van der Waals surface area contributed by atoms with Crippen LogP contribution in [-0.2, 0) is 22.3 Å². The number of hydrogen-bond acceptors (Lipinski definition) is 4. The Morgan fingerprint density at radius 3 is 2.35 bits per heavy atom. The van der Waals surface area contributed by atoms with Crippen LogP contribution in [0.3, 0.4) is 0 Å². The fourth-order valence-electron chi connectivity index (χ4n) is 4.32. The van der Waals surface area contributed by atoms with Gasteiger partial charge in [-0.05, 0) is 55.2 Å². The molecule has 2 aliphatic rings. The van der Waals surface area contributed by atoms with E-state index < -0.39 is 41.8 Å². The summed E-state index contributed by atoms with van der Waals surface area (Å²) in [6.07, 6.45) is -2.41. The van der Waals surface area contributed by atoms with Crippen molar-refractivity contribution in [1.82, 2.24) is 24.6 Å². The molecule has 37 heavy (non-hydrogen) atoms. The van der Waals surface area contributed by atoms with E-state index in [0.717, 1.165) is 30.0 Å². The second-order valence-electron chi connectivity index (χ2n) is 9.14. The molecule has 1 saturated heterocycles. The Labute approximate surface area is 214 Å². The number of carbonyl (C=O) groups excluding carboxylic acids is 2. The molecular weight excluding hydrogens is 511 g/mol. The highest BCUT2D eigenvalue weighted by Gasteiger charge is 2.39. The molecule has 1 saturated carbocycles. The zero-order chi connectivity index (χ0) is 26.3. The van der Waals surface area contributed by atoms with E-state index in [9.17, 15) is 27.6 Å². The molecule has 3 aromatic rings. The van der Waals surface area contributed by atoms with Crippen molar-refractivity contribution in [3.05, 3.63) is 75.2 Å². The summed E-state index contributed by atoms with van der Waals surface area (Å²) >= 11 is 5.97. The molecule has 2 aromatic carbocycles. The van der Waals surface area contributed by atoms with E-state index in [-0.39, 0.29) is 11.6 Å². The van der Waals surface area contributed by atoms with Crippen molar-refractivity contribution >= 4 is 23.4 Å². The fourth-order valence-corrected chi connectivity index (χ4v) is 4.45. The number of likely N-dealkylation sites (tertiary alicyclic amines) is 1. The Kier molecular flexibility index (Phi) is 6.57. The van der Waals surface area contributed by atoms with Gasteiger partial charge in [0.1, 0.15) is 12.6 Å². The van der Waals surface area contributed by atoms with Crippen molar-refractivity contribution in [2.45, 2.75) is 44.1 Å². The number of hydrogen-bond donors (Lipinski definition) is 1. The van der Waals surface area contributed by atoms with Gasteiger partial charge < -0.3 is 10.2 Å². The number of aromatic nitrogens is 3. The van der Waals surface area contributed by atoms with E-state index in [1.807, 2.05) is 0 Å². The van der Waals surface area contributed by atoms with Crippen molar-refractivity contribution in [2.75, 3.05) is 13.1 Å². The van der Waals surface area contributed by atoms with Crippen molar-refractivity contribution in [1.29, 1.82) is 0 Å². The number of nitrogens with one attached hydrogen (secondary N) is 1. The molecule has 1 N–H and O–H groups in total. The summed E-state index contributed by atoms with van der Waals surface area (Å²) in [5, 5.41) is 7.29. The Bertz CT molecular complexity index is 1390. The first-order valence-electron chi connectivity index (χ1n) is 11.8. The maximum atomic E-state index is 13.7. The van der Waals surface area contributed by atoms with Crippen LogP contribution in [0.5, 0.6) is 0 Å². The average molecular weight is 534 g/mol. The number of alkyl halides is 3. The van der Waals surface area contributed by atoms with Crippen LogP contribution in [0.1, 0.15) is 42.5 Å². The minimum Gasteiger partial charge on any atom is -0.340 e. The highest BCUT2D eigenvalue weighted by molar-refractivity contribution is 6.30. The molecule has 1 aromatic heterocycles. The fraction of sp³-hybridized carbons (Fsp3) is 0.360. The van der Waals surface area contributed by atoms with E-state index in [2.05, 4.69) is 10.4 Å². The topological polar surface area (TPSA) is 89.2 Å². The van der Waals surface area contributed by atoms with E-state index in [1.165, 1.54) is 27.7 Å². The van der Waals surface area contributed by atoms with E-state index in [1.54, 1.807) is 24.3 Å². The summed E-state index contributed by atoms with van der Waals surface area (Å²) in [5.41, 5.74) is -1.23. The van der Waals surface area contributed by atoms with Crippen molar-refractivity contribution < 1.29 is 22.8 Å². The molecule has 1 atom stereocenters. The van der Waals surface area contributed by atoms with E-state index in [0.29, 0.717) is 29.5 Å². The molecule has 0 radical (unpaired) electrons. The number of nitrogens with zero attached hydrogens (tertiary/aromatic N) is 4.